The molecule has 28 heavy (non-hydrogen) atoms. The van der Waals surface area contributed by atoms with Crippen LogP contribution >= 0.6 is 11.3 Å². The number of carbonyl (C=O) groups is 1. The van der Waals surface area contributed by atoms with Crippen LogP contribution in [0.3, 0.4) is 0 Å². The highest BCUT2D eigenvalue weighted by Gasteiger charge is 2.34. The minimum absolute atomic E-state index is 0.106. The number of thiazole rings is 1. The molecule has 0 bridgehead atoms. The quantitative estimate of drug-likeness (QED) is 0.731. The average Bonchev–Trinajstić information content (AvgIpc) is 3.08. The number of benzene rings is 1. The van der Waals surface area contributed by atoms with Gasteiger partial charge in [0.05, 0.1) is 23.4 Å². The van der Waals surface area contributed by atoms with Crippen molar-refractivity contribution in [3.8, 4) is 6.07 Å². The van der Waals surface area contributed by atoms with E-state index in [4.69, 9.17) is 5.26 Å². The zero-order valence-electron chi connectivity index (χ0n) is 15.2. The lowest BCUT2D eigenvalue weighted by atomic mass is 9.80. The van der Waals surface area contributed by atoms with E-state index in [2.05, 4.69) is 15.6 Å². The van der Waals surface area contributed by atoms with Crippen LogP contribution in [0.5, 0.6) is 0 Å². The summed E-state index contributed by atoms with van der Waals surface area (Å²) in [5.74, 6) is -0.612. The van der Waals surface area contributed by atoms with Crippen molar-refractivity contribution in [1.82, 2.24) is 9.88 Å². The maximum atomic E-state index is 13.4. The molecule has 1 aromatic heterocycles. The Morgan fingerprint density at radius 2 is 2.29 bits per heavy atom. The summed E-state index contributed by atoms with van der Waals surface area (Å²) in [6.45, 7) is 1.46. The number of rotatable bonds is 4. The molecule has 9 heteroatoms. The van der Waals surface area contributed by atoms with E-state index in [-0.39, 0.29) is 11.6 Å². The van der Waals surface area contributed by atoms with Crippen molar-refractivity contribution in [2.24, 2.45) is 0 Å². The number of carbonyl (C=O) groups excluding carboxylic acids is 1. The Labute approximate surface area is 165 Å². The first-order chi connectivity index (χ1) is 13.5. The number of nitrogens with one attached hydrogen (secondary N) is 2. The second-order valence-corrected chi connectivity index (χ2v) is 8.31. The fraction of sp³-hybridized carbons (Fsp3) is 0.421. The van der Waals surface area contributed by atoms with Crippen LogP contribution in [0.25, 0.3) is 0 Å². The van der Waals surface area contributed by atoms with E-state index >= 15 is 0 Å². The number of halogens is 1. The predicted molar refractivity (Wildman–Crippen MR) is 104 cm³/mol. The molecule has 1 aliphatic heterocycles. The Bertz CT molecular complexity index is 950. The highest BCUT2D eigenvalue weighted by molar-refractivity contribution is 7.15. The van der Waals surface area contributed by atoms with Gasteiger partial charge in [-0.25, -0.2) is 14.2 Å². The number of amides is 2. The predicted octanol–water partition coefficient (Wildman–Crippen LogP) is 3.07. The molecule has 0 saturated heterocycles. The van der Waals surface area contributed by atoms with E-state index in [1.165, 1.54) is 29.5 Å². The summed E-state index contributed by atoms with van der Waals surface area (Å²) in [7, 11) is 0. The largest absolute Gasteiger partial charge is 0.388 e. The molecule has 2 aromatic rings. The van der Waals surface area contributed by atoms with E-state index < -0.39 is 11.4 Å². The van der Waals surface area contributed by atoms with Gasteiger partial charge in [0.15, 0.2) is 5.13 Å². The topological polar surface area (TPSA) is 101 Å². The highest BCUT2D eigenvalue weighted by Crippen LogP contribution is 2.33. The van der Waals surface area contributed by atoms with Crippen molar-refractivity contribution in [1.29, 1.82) is 5.26 Å². The number of fused-ring (bicyclic) bond motifs is 1. The van der Waals surface area contributed by atoms with Crippen molar-refractivity contribution >= 4 is 28.2 Å². The number of anilines is 2. The number of nitrogens with zero attached hydrogens (tertiary/aromatic N) is 3. The maximum Gasteiger partial charge on any atom is 0.322 e. The van der Waals surface area contributed by atoms with Gasteiger partial charge in [-0.3, -0.25) is 0 Å². The standard InChI is InChI=1S/C19H20FN5O2S/c20-14-3-2-13(8-12(14)9-21)23-18(26)25-7-4-15-16(10-25)28-17(24-15)22-11-19(27)5-1-6-19/h2-3,8,27H,1,4-7,10-11H2,(H,22,24)(H,23,26). The van der Waals surface area contributed by atoms with Gasteiger partial charge in [-0.15, -0.1) is 0 Å². The van der Waals surface area contributed by atoms with E-state index in [0.29, 0.717) is 31.7 Å². The Balaban J connectivity index is 1.38. The van der Waals surface area contributed by atoms with Gasteiger partial charge >= 0.3 is 6.03 Å². The second kappa shape index (κ2) is 7.37. The fourth-order valence-corrected chi connectivity index (χ4v) is 4.36. The van der Waals surface area contributed by atoms with E-state index in [1.54, 1.807) is 11.0 Å². The van der Waals surface area contributed by atoms with E-state index in [1.807, 2.05) is 0 Å². The van der Waals surface area contributed by atoms with Crippen molar-refractivity contribution in [3.05, 3.63) is 40.2 Å². The fourth-order valence-electron chi connectivity index (χ4n) is 3.34. The Morgan fingerprint density at radius 3 is 3.00 bits per heavy atom. The first-order valence-electron chi connectivity index (χ1n) is 9.16. The lowest BCUT2D eigenvalue weighted by Crippen LogP contribution is -2.43. The third-order valence-electron chi connectivity index (χ3n) is 5.21. The molecule has 0 unspecified atom stereocenters. The van der Waals surface area contributed by atoms with Crippen LogP contribution in [0.1, 0.15) is 35.4 Å². The molecule has 0 spiro atoms. The summed E-state index contributed by atoms with van der Waals surface area (Å²) in [6, 6.07) is 5.39. The molecule has 2 amide bonds. The van der Waals surface area contributed by atoms with Gasteiger partial charge in [0, 0.05) is 30.1 Å². The molecular weight excluding hydrogens is 381 g/mol. The summed E-state index contributed by atoms with van der Waals surface area (Å²) >= 11 is 1.50. The molecule has 1 fully saturated rings. The van der Waals surface area contributed by atoms with Gasteiger partial charge < -0.3 is 20.6 Å². The van der Waals surface area contributed by atoms with Crippen LogP contribution < -0.4 is 10.6 Å². The highest BCUT2D eigenvalue weighted by atomic mass is 32.1. The summed E-state index contributed by atoms with van der Waals surface area (Å²) in [5, 5.41) is 25.8. The van der Waals surface area contributed by atoms with Crippen molar-refractivity contribution < 1.29 is 14.3 Å². The molecule has 0 atom stereocenters. The zero-order valence-corrected chi connectivity index (χ0v) is 16.0. The van der Waals surface area contributed by atoms with Crippen LogP contribution in [0.2, 0.25) is 0 Å². The number of hydrogen-bond acceptors (Lipinski definition) is 6. The van der Waals surface area contributed by atoms with E-state index in [0.717, 1.165) is 35.0 Å². The number of hydrogen-bond donors (Lipinski definition) is 3. The van der Waals surface area contributed by atoms with Gasteiger partial charge in [0.1, 0.15) is 11.9 Å². The summed E-state index contributed by atoms with van der Waals surface area (Å²) in [6.07, 6.45) is 3.34. The SMILES string of the molecule is N#Cc1cc(NC(=O)N2CCc3nc(NCC4(O)CCC4)sc3C2)ccc1F. The third kappa shape index (κ3) is 3.79. The number of urea groups is 1. The molecule has 1 aromatic carbocycles. The van der Waals surface area contributed by atoms with Crippen LogP contribution in [-0.2, 0) is 13.0 Å². The lowest BCUT2D eigenvalue weighted by molar-refractivity contribution is -0.0202. The Kier molecular flexibility index (Phi) is 4.91. The number of nitriles is 1. The number of aliphatic hydroxyl groups is 1. The minimum Gasteiger partial charge on any atom is -0.388 e. The number of aromatic nitrogens is 1. The van der Waals surface area contributed by atoms with Gasteiger partial charge in [-0.1, -0.05) is 11.3 Å². The molecule has 146 valence electrons. The second-order valence-electron chi connectivity index (χ2n) is 7.23. The van der Waals surface area contributed by atoms with Crippen molar-refractivity contribution in [2.75, 3.05) is 23.7 Å². The van der Waals surface area contributed by atoms with Gasteiger partial charge in [-0.2, -0.15) is 5.26 Å². The molecule has 7 nitrogen and oxygen atoms in total. The summed E-state index contributed by atoms with van der Waals surface area (Å²) in [5.41, 5.74) is 0.639. The smallest absolute Gasteiger partial charge is 0.322 e. The summed E-state index contributed by atoms with van der Waals surface area (Å²) < 4.78 is 13.4. The van der Waals surface area contributed by atoms with Crippen LogP contribution in [0, 0.1) is 17.1 Å². The zero-order chi connectivity index (χ0) is 19.7. The Morgan fingerprint density at radius 1 is 1.46 bits per heavy atom. The molecule has 4 rings (SSSR count). The first-order valence-corrected chi connectivity index (χ1v) is 9.98. The monoisotopic (exact) mass is 401 g/mol. The van der Waals surface area contributed by atoms with Crippen LogP contribution in [-0.4, -0.2) is 39.7 Å². The summed E-state index contributed by atoms with van der Waals surface area (Å²) in [4.78, 5) is 19.8. The van der Waals surface area contributed by atoms with Gasteiger partial charge in [0.25, 0.3) is 0 Å². The molecule has 1 aliphatic carbocycles. The average molecular weight is 401 g/mol. The Hall–Kier alpha value is -2.70. The van der Waals surface area contributed by atoms with Crippen molar-refractivity contribution in [2.45, 2.75) is 37.8 Å². The normalized spacial score (nSPS) is 17.2. The molecular formula is C19H20FN5O2S. The minimum atomic E-state index is -0.616. The molecule has 3 N–H and O–H groups in total. The lowest BCUT2D eigenvalue weighted by Gasteiger charge is -2.36. The van der Waals surface area contributed by atoms with Gasteiger partial charge in [0.2, 0.25) is 0 Å². The van der Waals surface area contributed by atoms with Crippen molar-refractivity contribution in [3.63, 3.8) is 0 Å². The van der Waals surface area contributed by atoms with Gasteiger partial charge in [-0.05, 0) is 37.5 Å². The molecule has 0 radical (unpaired) electrons. The van der Waals surface area contributed by atoms with Crippen LogP contribution in [0.15, 0.2) is 18.2 Å². The maximum absolute atomic E-state index is 13.4. The molecule has 2 aliphatic rings. The van der Waals surface area contributed by atoms with Crippen LogP contribution in [0.4, 0.5) is 20.0 Å². The first kappa shape index (κ1) is 18.7. The third-order valence-corrected chi connectivity index (χ3v) is 6.25. The van der Waals surface area contributed by atoms with E-state index in [9.17, 15) is 14.3 Å². The molecule has 2 heterocycles. The molecule has 1 saturated carbocycles.